The highest BCUT2D eigenvalue weighted by molar-refractivity contribution is 5.84. The predicted molar refractivity (Wildman–Crippen MR) is 76.6 cm³/mol. The first-order chi connectivity index (χ1) is 9.35. The van der Waals surface area contributed by atoms with E-state index >= 15 is 0 Å². The molecule has 7 heteroatoms. The van der Waals surface area contributed by atoms with Crippen LogP contribution < -0.4 is 16.4 Å². The lowest BCUT2D eigenvalue weighted by Gasteiger charge is -2.31. The first-order valence-corrected chi connectivity index (χ1v) is 7.16. The van der Waals surface area contributed by atoms with Gasteiger partial charge >= 0.3 is 6.09 Å². The van der Waals surface area contributed by atoms with Gasteiger partial charge in [-0.05, 0) is 46.5 Å². The Morgan fingerprint density at radius 2 is 2.00 bits per heavy atom. The maximum absolute atomic E-state index is 11.7. The minimum absolute atomic E-state index is 0.203. The second kappa shape index (κ2) is 5.87. The van der Waals surface area contributed by atoms with Crippen molar-refractivity contribution in [1.82, 2.24) is 21.4 Å². The van der Waals surface area contributed by atoms with Crippen LogP contribution >= 0.6 is 0 Å². The Morgan fingerprint density at radius 3 is 2.50 bits per heavy atom. The van der Waals surface area contributed by atoms with Crippen LogP contribution in [0, 0.1) is 5.92 Å². The number of carbonyl (C=O) groups excluding carboxylic acids is 1. The molecule has 1 saturated carbocycles. The molecule has 7 nitrogen and oxygen atoms in total. The van der Waals surface area contributed by atoms with Gasteiger partial charge in [-0.2, -0.15) is 0 Å². The zero-order valence-corrected chi connectivity index (χ0v) is 12.7. The van der Waals surface area contributed by atoms with Gasteiger partial charge in [0.1, 0.15) is 11.4 Å². The molecule has 2 rings (SSSR count). The summed E-state index contributed by atoms with van der Waals surface area (Å²) in [6, 6.07) is 0.203. The fraction of sp³-hybridized carbons (Fsp3) is 0.846. The van der Waals surface area contributed by atoms with E-state index in [9.17, 15) is 4.79 Å². The molecule has 114 valence electrons. The van der Waals surface area contributed by atoms with Gasteiger partial charge in [-0.15, -0.1) is 10.6 Å². The van der Waals surface area contributed by atoms with Gasteiger partial charge < -0.3 is 10.1 Å². The summed E-state index contributed by atoms with van der Waals surface area (Å²) in [6.07, 6.45) is 3.63. The van der Waals surface area contributed by atoms with E-state index in [4.69, 9.17) is 4.74 Å². The number of ether oxygens (including phenoxy) is 1. The topological polar surface area (TPSA) is 78.0 Å². The molecule has 20 heavy (non-hydrogen) atoms. The lowest BCUT2D eigenvalue weighted by Crippen LogP contribution is -2.44. The number of amidine groups is 1. The third-order valence-electron chi connectivity index (χ3n) is 3.54. The van der Waals surface area contributed by atoms with Crippen LogP contribution in [0.15, 0.2) is 5.10 Å². The molecule has 0 aromatic rings. The minimum atomic E-state index is -0.445. The van der Waals surface area contributed by atoms with Gasteiger partial charge in [0.2, 0.25) is 0 Å². The van der Waals surface area contributed by atoms with Gasteiger partial charge in [-0.3, -0.25) is 5.01 Å². The van der Waals surface area contributed by atoms with Gasteiger partial charge in [0, 0.05) is 19.0 Å². The number of amides is 1. The molecule has 1 fully saturated rings. The van der Waals surface area contributed by atoms with E-state index in [-0.39, 0.29) is 12.1 Å². The normalized spacial score (nSPS) is 26.8. The maximum atomic E-state index is 11.7. The standard InChI is InChI=1S/C13H25N5O2/c1-13(2,3)20-12(19)14-10-7-5-9(6-8-10)11-15-16-17-18(11)4/h9-10,16-17H,5-8H2,1-4H3,(H,14,19)/t9-,10-. The highest BCUT2D eigenvalue weighted by Gasteiger charge is 2.30. The van der Waals surface area contributed by atoms with Gasteiger partial charge in [-0.1, -0.05) is 0 Å². The zero-order valence-electron chi connectivity index (χ0n) is 12.7. The van der Waals surface area contributed by atoms with Crippen molar-refractivity contribution in [3.05, 3.63) is 0 Å². The van der Waals surface area contributed by atoms with Crippen molar-refractivity contribution in [2.24, 2.45) is 11.0 Å². The molecule has 0 saturated heterocycles. The van der Waals surface area contributed by atoms with Crippen LogP contribution in [0.4, 0.5) is 4.79 Å². The average molecular weight is 283 g/mol. The fourth-order valence-electron chi connectivity index (χ4n) is 2.62. The summed E-state index contributed by atoms with van der Waals surface area (Å²) in [4.78, 5) is 11.7. The van der Waals surface area contributed by atoms with Gasteiger partial charge in [0.15, 0.2) is 0 Å². The van der Waals surface area contributed by atoms with E-state index in [1.165, 1.54) is 0 Å². The molecule has 1 amide bonds. The summed E-state index contributed by atoms with van der Waals surface area (Å²) >= 11 is 0. The minimum Gasteiger partial charge on any atom is -0.444 e. The molecule has 0 aromatic carbocycles. The largest absolute Gasteiger partial charge is 0.444 e. The first kappa shape index (κ1) is 14.9. The summed E-state index contributed by atoms with van der Waals surface area (Å²) < 4.78 is 5.28. The number of hydrazone groups is 1. The third kappa shape index (κ3) is 4.00. The zero-order chi connectivity index (χ0) is 14.8. The van der Waals surface area contributed by atoms with Crippen LogP contribution in [0.25, 0.3) is 0 Å². The van der Waals surface area contributed by atoms with Crippen molar-refractivity contribution in [1.29, 1.82) is 0 Å². The molecule has 0 aromatic heterocycles. The lowest BCUT2D eigenvalue weighted by molar-refractivity contribution is 0.0490. The van der Waals surface area contributed by atoms with E-state index in [1.807, 2.05) is 32.8 Å². The van der Waals surface area contributed by atoms with E-state index < -0.39 is 5.60 Å². The smallest absolute Gasteiger partial charge is 0.407 e. The SMILES string of the molecule is CN1NNN=C1[C@H]1CC[C@H](NC(=O)OC(C)(C)C)CC1. The molecule has 1 aliphatic carbocycles. The van der Waals surface area contributed by atoms with Crippen molar-refractivity contribution in [3.8, 4) is 0 Å². The van der Waals surface area contributed by atoms with Crippen molar-refractivity contribution < 1.29 is 9.53 Å². The molecule has 0 spiro atoms. The number of hydrazine groups is 2. The highest BCUT2D eigenvalue weighted by Crippen LogP contribution is 2.26. The molecule has 0 radical (unpaired) electrons. The van der Waals surface area contributed by atoms with E-state index in [1.54, 1.807) is 0 Å². The molecule has 0 atom stereocenters. The Morgan fingerprint density at radius 1 is 1.35 bits per heavy atom. The van der Waals surface area contributed by atoms with Crippen molar-refractivity contribution in [2.45, 2.75) is 58.1 Å². The van der Waals surface area contributed by atoms with Crippen LogP contribution in [-0.2, 0) is 4.74 Å². The highest BCUT2D eigenvalue weighted by atomic mass is 16.6. The number of nitrogens with zero attached hydrogens (tertiary/aromatic N) is 2. The van der Waals surface area contributed by atoms with Gasteiger partial charge in [0.25, 0.3) is 0 Å². The molecule has 1 aliphatic heterocycles. The van der Waals surface area contributed by atoms with E-state index in [0.717, 1.165) is 31.5 Å². The van der Waals surface area contributed by atoms with Gasteiger partial charge in [0.05, 0.1) is 0 Å². The number of hydrogen-bond donors (Lipinski definition) is 3. The van der Waals surface area contributed by atoms with Gasteiger partial charge in [-0.25, -0.2) is 10.3 Å². The third-order valence-corrected chi connectivity index (χ3v) is 3.54. The molecular weight excluding hydrogens is 258 g/mol. The summed E-state index contributed by atoms with van der Waals surface area (Å²) in [7, 11) is 1.95. The Kier molecular flexibility index (Phi) is 4.37. The number of carbonyl (C=O) groups is 1. The van der Waals surface area contributed by atoms with Crippen LogP contribution in [0.3, 0.4) is 0 Å². The van der Waals surface area contributed by atoms with Crippen molar-refractivity contribution in [3.63, 3.8) is 0 Å². The van der Waals surface area contributed by atoms with Crippen LogP contribution in [-0.4, -0.2) is 35.6 Å². The number of alkyl carbamates (subject to hydrolysis) is 1. The summed E-state index contributed by atoms with van der Waals surface area (Å²) in [5.41, 5.74) is 5.24. The molecule has 2 aliphatic rings. The monoisotopic (exact) mass is 283 g/mol. The Bertz CT molecular complexity index is 383. The second-order valence-corrected chi connectivity index (χ2v) is 6.45. The number of hydrogen-bond acceptors (Lipinski definition) is 6. The molecule has 1 heterocycles. The van der Waals surface area contributed by atoms with E-state index in [2.05, 4.69) is 21.5 Å². The molecule has 0 bridgehead atoms. The fourth-order valence-corrected chi connectivity index (χ4v) is 2.62. The predicted octanol–water partition coefficient (Wildman–Crippen LogP) is 1.34. The van der Waals surface area contributed by atoms with Crippen LogP contribution in [0.1, 0.15) is 46.5 Å². The quantitative estimate of drug-likeness (QED) is 0.713. The van der Waals surface area contributed by atoms with Crippen LogP contribution in [0.5, 0.6) is 0 Å². The molecule has 3 N–H and O–H groups in total. The van der Waals surface area contributed by atoms with E-state index in [0.29, 0.717) is 5.92 Å². The Hall–Kier alpha value is -1.50. The number of nitrogens with one attached hydrogen (secondary N) is 3. The Labute approximate surface area is 120 Å². The maximum Gasteiger partial charge on any atom is 0.407 e. The summed E-state index contributed by atoms with van der Waals surface area (Å²) in [5.74, 6) is 1.49. The summed E-state index contributed by atoms with van der Waals surface area (Å²) in [5, 5.41) is 9.11. The van der Waals surface area contributed by atoms with Crippen LogP contribution in [0.2, 0.25) is 0 Å². The number of rotatable bonds is 2. The Balaban J connectivity index is 1.76. The molecular formula is C13H25N5O2. The summed E-state index contributed by atoms with van der Waals surface area (Å²) in [6.45, 7) is 5.62. The van der Waals surface area contributed by atoms with Crippen molar-refractivity contribution in [2.75, 3.05) is 7.05 Å². The first-order valence-electron chi connectivity index (χ1n) is 7.16. The molecule has 0 unspecified atom stereocenters. The second-order valence-electron chi connectivity index (χ2n) is 6.45. The lowest BCUT2D eigenvalue weighted by atomic mass is 9.85. The average Bonchev–Trinajstić information content (AvgIpc) is 2.74. The van der Waals surface area contributed by atoms with Crippen molar-refractivity contribution >= 4 is 11.9 Å².